The van der Waals surface area contributed by atoms with Gasteiger partial charge in [-0.1, -0.05) is 19.1 Å². The quantitative estimate of drug-likeness (QED) is 0.535. The zero-order valence-electron chi connectivity index (χ0n) is 17.9. The number of hydrogen-bond acceptors (Lipinski definition) is 6. The number of carbonyl (C=O) groups excluding carboxylic acids is 1. The predicted molar refractivity (Wildman–Crippen MR) is 122 cm³/mol. The van der Waals surface area contributed by atoms with E-state index in [9.17, 15) is 4.79 Å². The third-order valence-electron chi connectivity index (χ3n) is 5.34. The molecule has 3 aromatic rings. The van der Waals surface area contributed by atoms with Crippen molar-refractivity contribution >= 4 is 22.2 Å². The van der Waals surface area contributed by atoms with Gasteiger partial charge in [-0.2, -0.15) is 0 Å². The van der Waals surface area contributed by atoms with Gasteiger partial charge in [0.25, 0.3) is 5.91 Å². The maximum Gasteiger partial charge on any atom is 0.291 e. The summed E-state index contributed by atoms with van der Waals surface area (Å²) in [6.07, 6.45) is 2.42. The summed E-state index contributed by atoms with van der Waals surface area (Å²) in [7, 11) is 0. The Morgan fingerprint density at radius 1 is 1.19 bits per heavy atom. The molecule has 1 atom stereocenters. The molecule has 0 spiro atoms. The molecule has 1 amide bonds. The summed E-state index contributed by atoms with van der Waals surface area (Å²) in [6, 6.07) is 13.9. The number of aryl methyl sites for hydroxylation is 1. The molecule has 1 aliphatic rings. The highest BCUT2D eigenvalue weighted by Crippen LogP contribution is 2.40. The first-order chi connectivity index (χ1) is 15.2. The van der Waals surface area contributed by atoms with Crippen LogP contribution < -0.4 is 10.1 Å². The van der Waals surface area contributed by atoms with E-state index in [2.05, 4.69) is 35.3 Å². The summed E-state index contributed by atoms with van der Waals surface area (Å²) in [6.45, 7) is 7.82. The molecule has 1 aliphatic heterocycles. The second-order valence-electron chi connectivity index (χ2n) is 7.34. The van der Waals surface area contributed by atoms with Crippen LogP contribution in [0.3, 0.4) is 0 Å². The van der Waals surface area contributed by atoms with Crippen molar-refractivity contribution in [2.45, 2.75) is 26.3 Å². The van der Waals surface area contributed by atoms with Crippen molar-refractivity contribution < 1.29 is 18.7 Å². The number of anilines is 1. The first kappa shape index (κ1) is 21.6. The predicted octanol–water partition coefficient (Wildman–Crippen LogP) is 4.98. The lowest BCUT2D eigenvalue weighted by Gasteiger charge is -2.35. The summed E-state index contributed by atoms with van der Waals surface area (Å²) in [5.41, 5.74) is 2.27. The number of hydrogen-bond donors (Lipinski definition) is 1. The Morgan fingerprint density at radius 2 is 1.97 bits per heavy atom. The van der Waals surface area contributed by atoms with Gasteiger partial charge in [-0.25, -0.2) is 0 Å². The summed E-state index contributed by atoms with van der Waals surface area (Å²) < 4.78 is 16.5. The lowest BCUT2D eigenvalue weighted by Crippen LogP contribution is -2.39. The zero-order valence-corrected chi connectivity index (χ0v) is 18.7. The largest absolute Gasteiger partial charge is 0.494 e. The molecule has 1 saturated heterocycles. The van der Waals surface area contributed by atoms with Crippen molar-refractivity contribution in [3.05, 3.63) is 70.5 Å². The summed E-state index contributed by atoms with van der Waals surface area (Å²) >= 11 is 1.63. The third kappa shape index (κ3) is 5.01. The van der Waals surface area contributed by atoms with Crippen LogP contribution in [0.15, 0.2) is 53.1 Å². The van der Waals surface area contributed by atoms with Gasteiger partial charge in [0.1, 0.15) is 10.8 Å². The molecule has 0 bridgehead atoms. The second kappa shape index (κ2) is 10.1. The van der Waals surface area contributed by atoms with E-state index in [4.69, 9.17) is 13.9 Å². The Kier molecular flexibility index (Phi) is 7.06. The monoisotopic (exact) mass is 440 g/mol. The lowest BCUT2D eigenvalue weighted by atomic mass is 9.97. The van der Waals surface area contributed by atoms with Gasteiger partial charge < -0.3 is 19.2 Å². The Hall–Kier alpha value is -2.61. The molecule has 4 rings (SSSR count). The number of furan rings is 1. The van der Waals surface area contributed by atoms with E-state index in [0.717, 1.165) is 35.8 Å². The molecular weight excluding hydrogens is 412 g/mol. The number of nitrogens with one attached hydrogen (secondary N) is 1. The molecule has 31 heavy (non-hydrogen) atoms. The number of amides is 1. The topological polar surface area (TPSA) is 63.9 Å². The number of nitrogens with zero attached hydrogens (tertiary/aromatic N) is 1. The van der Waals surface area contributed by atoms with Crippen LogP contribution in [-0.4, -0.2) is 43.7 Å². The van der Waals surface area contributed by atoms with E-state index in [1.54, 1.807) is 23.5 Å². The van der Waals surface area contributed by atoms with Crippen LogP contribution >= 0.6 is 11.3 Å². The molecule has 1 fully saturated rings. The van der Waals surface area contributed by atoms with E-state index < -0.39 is 0 Å². The molecule has 1 N–H and O–H groups in total. The van der Waals surface area contributed by atoms with Crippen molar-refractivity contribution in [3.63, 3.8) is 0 Å². The average Bonchev–Trinajstić information content (AvgIpc) is 3.47. The molecule has 0 saturated carbocycles. The minimum Gasteiger partial charge on any atom is -0.494 e. The van der Waals surface area contributed by atoms with Gasteiger partial charge in [0.15, 0.2) is 5.76 Å². The number of rotatable bonds is 8. The van der Waals surface area contributed by atoms with E-state index in [1.807, 2.05) is 19.1 Å². The van der Waals surface area contributed by atoms with Gasteiger partial charge in [0, 0.05) is 23.5 Å². The third-order valence-corrected chi connectivity index (χ3v) is 6.56. The van der Waals surface area contributed by atoms with Crippen molar-refractivity contribution in [2.24, 2.45) is 0 Å². The van der Waals surface area contributed by atoms with E-state index in [1.165, 1.54) is 16.7 Å². The van der Waals surface area contributed by atoms with Crippen molar-refractivity contribution in [3.8, 4) is 5.75 Å². The van der Waals surface area contributed by atoms with Crippen LogP contribution in [0.4, 0.5) is 5.00 Å². The fourth-order valence-electron chi connectivity index (χ4n) is 3.84. The average molecular weight is 441 g/mol. The highest BCUT2D eigenvalue weighted by molar-refractivity contribution is 7.16. The molecule has 1 aromatic carbocycles. The summed E-state index contributed by atoms with van der Waals surface area (Å²) in [4.78, 5) is 16.4. The molecule has 0 radical (unpaired) electrons. The second-order valence-corrected chi connectivity index (χ2v) is 8.47. The van der Waals surface area contributed by atoms with Crippen LogP contribution in [0.1, 0.15) is 46.4 Å². The van der Waals surface area contributed by atoms with Gasteiger partial charge in [-0.3, -0.25) is 9.69 Å². The van der Waals surface area contributed by atoms with E-state index in [-0.39, 0.29) is 11.9 Å². The maximum absolute atomic E-state index is 12.7. The van der Waals surface area contributed by atoms with Crippen molar-refractivity contribution in [1.29, 1.82) is 0 Å². The van der Waals surface area contributed by atoms with Gasteiger partial charge in [0.05, 0.1) is 32.1 Å². The van der Waals surface area contributed by atoms with Gasteiger partial charge in [-0.05, 0) is 49.2 Å². The van der Waals surface area contributed by atoms with Gasteiger partial charge >= 0.3 is 0 Å². The van der Waals surface area contributed by atoms with Gasteiger partial charge in [-0.15, -0.1) is 11.3 Å². The van der Waals surface area contributed by atoms with Crippen molar-refractivity contribution in [1.82, 2.24) is 4.90 Å². The first-order valence-corrected chi connectivity index (χ1v) is 11.5. The highest BCUT2D eigenvalue weighted by Gasteiger charge is 2.29. The zero-order chi connectivity index (χ0) is 21.6. The normalized spacial score (nSPS) is 15.5. The molecule has 2 aromatic heterocycles. The standard InChI is InChI=1S/C24H28N2O4S/c1-3-19-16-20(24(31-19)25-23(27)21-6-5-13-30-21)22(26-11-14-28-15-12-26)17-7-9-18(10-8-17)29-4-2/h5-10,13,16,22H,3-4,11-12,14-15H2,1-2H3,(H,25,27)/t22-/m1/s1. The Bertz CT molecular complexity index is 976. The van der Waals surface area contributed by atoms with E-state index in [0.29, 0.717) is 25.6 Å². The Balaban J connectivity index is 1.71. The number of benzene rings is 1. The molecule has 7 heteroatoms. The van der Waals surface area contributed by atoms with Crippen LogP contribution in [-0.2, 0) is 11.2 Å². The molecule has 164 valence electrons. The molecule has 0 unspecified atom stereocenters. The summed E-state index contributed by atoms with van der Waals surface area (Å²) in [5, 5.41) is 3.96. The fraction of sp³-hybridized carbons (Fsp3) is 0.375. The molecule has 6 nitrogen and oxygen atoms in total. The summed E-state index contributed by atoms with van der Waals surface area (Å²) in [5.74, 6) is 0.933. The van der Waals surface area contributed by atoms with Crippen LogP contribution in [0.2, 0.25) is 0 Å². The number of carbonyl (C=O) groups is 1. The number of thiophene rings is 1. The molecular formula is C24H28N2O4S. The highest BCUT2D eigenvalue weighted by atomic mass is 32.1. The van der Waals surface area contributed by atoms with E-state index >= 15 is 0 Å². The van der Waals surface area contributed by atoms with Crippen molar-refractivity contribution in [2.75, 3.05) is 38.2 Å². The SMILES string of the molecule is CCOc1ccc([C@H](c2cc(CC)sc2NC(=O)c2ccco2)N2CCOCC2)cc1. The first-order valence-electron chi connectivity index (χ1n) is 10.7. The van der Waals surface area contributed by atoms with Crippen LogP contribution in [0, 0.1) is 0 Å². The Labute approximate surface area is 186 Å². The molecule has 3 heterocycles. The lowest BCUT2D eigenvalue weighted by molar-refractivity contribution is 0.0241. The number of morpholine rings is 1. The smallest absolute Gasteiger partial charge is 0.291 e. The van der Waals surface area contributed by atoms with Crippen LogP contribution in [0.5, 0.6) is 5.75 Å². The van der Waals surface area contributed by atoms with Crippen LogP contribution in [0.25, 0.3) is 0 Å². The molecule has 0 aliphatic carbocycles. The van der Waals surface area contributed by atoms with Gasteiger partial charge in [0.2, 0.25) is 0 Å². The minimum absolute atomic E-state index is 0.0167. The maximum atomic E-state index is 12.7. The Morgan fingerprint density at radius 3 is 2.61 bits per heavy atom. The number of ether oxygens (including phenoxy) is 2. The minimum atomic E-state index is -0.233. The fourth-order valence-corrected chi connectivity index (χ4v) is 4.87.